The number of non-ortho nitro benzene ring substituents is 1. The number of rotatable bonds is 6. The molecular formula is C23H27ClN2O6S. The summed E-state index contributed by atoms with van der Waals surface area (Å²) in [6.45, 7) is 6.73. The lowest BCUT2D eigenvalue weighted by atomic mass is 9.87. The summed E-state index contributed by atoms with van der Waals surface area (Å²) in [6.07, 6.45) is 0.598. The monoisotopic (exact) mass is 494 g/mol. The summed E-state index contributed by atoms with van der Waals surface area (Å²) < 4.78 is 32.6. The molecular weight excluding hydrogens is 468 g/mol. The highest BCUT2D eigenvalue weighted by Crippen LogP contribution is 2.31. The molecule has 0 atom stereocenters. The Bertz CT molecular complexity index is 1130. The van der Waals surface area contributed by atoms with Gasteiger partial charge in [0.1, 0.15) is 11.5 Å². The van der Waals surface area contributed by atoms with E-state index in [1.807, 2.05) is 24.3 Å². The first-order chi connectivity index (χ1) is 15.4. The molecule has 0 radical (unpaired) electrons. The van der Waals surface area contributed by atoms with Gasteiger partial charge in [0, 0.05) is 25.2 Å². The highest BCUT2D eigenvalue weighted by Gasteiger charge is 2.34. The summed E-state index contributed by atoms with van der Waals surface area (Å²) in [5.74, 6) is -0.772. The highest BCUT2D eigenvalue weighted by atomic mass is 35.5. The highest BCUT2D eigenvalue weighted by molar-refractivity contribution is 7.89. The first-order valence-electron chi connectivity index (χ1n) is 10.6. The molecule has 2 aromatic carbocycles. The number of carbonyl (C=O) groups excluding carboxylic acids is 1. The maximum absolute atomic E-state index is 13.0. The fourth-order valence-corrected chi connectivity index (χ4v) is 5.61. The topological polar surface area (TPSA) is 107 Å². The lowest BCUT2D eigenvalue weighted by Gasteiger charge is -2.30. The van der Waals surface area contributed by atoms with Crippen LogP contribution in [0.2, 0.25) is 5.02 Å². The summed E-state index contributed by atoms with van der Waals surface area (Å²) >= 11 is 6.02. The summed E-state index contributed by atoms with van der Waals surface area (Å²) in [5, 5.41) is 10.9. The van der Waals surface area contributed by atoms with Gasteiger partial charge >= 0.3 is 5.97 Å². The Morgan fingerprint density at radius 3 is 2.30 bits per heavy atom. The van der Waals surface area contributed by atoms with Gasteiger partial charge in [0.2, 0.25) is 10.0 Å². The number of hydrogen-bond donors (Lipinski definition) is 0. The van der Waals surface area contributed by atoms with E-state index in [2.05, 4.69) is 20.8 Å². The van der Waals surface area contributed by atoms with E-state index in [1.54, 1.807) is 0 Å². The number of nitrogens with zero attached hydrogens (tertiary/aromatic N) is 2. The fourth-order valence-electron chi connectivity index (χ4n) is 3.65. The molecule has 0 amide bonds. The molecule has 0 aromatic heterocycles. The van der Waals surface area contributed by atoms with E-state index >= 15 is 0 Å². The van der Waals surface area contributed by atoms with E-state index in [1.165, 1.54) is 15.9 Å². The van der Waals surface area contributed by atoms with E-state index < -0.39 is 20.9 Å². The molecule has 0 saturated carbocycles. The van der Waals surface area contributed by atoms with Gasteiger partial charge in [-0.25, -0.2) is 8.42 Å². The Kier molecular flexibility index (Phi) is 7.45. The number of benzene rings is 2. The second-order valence-electron chi connectivity index (χ2n) is 9.10. The minimum absolute atomic E-state index is 0.0401. The Morgan fingerprint density at radius 1 is 1.15 bits per heavy atom. The largest absolute Gasteiger partial charge is 0.461 e. The normalized spacial score (nSPS) is 15.9. The molecule has 0 spiro atoms. The van der Waals surface area contributed by atoms with Gasteiger partial charge in [0.15, 0.2) is 0 Å². The number of piperidine rings is 1. The maximum atomic E-state index is 13.0. The van der Waals surface area contributed by atoms with Crippen molar-refractivity contribution < 1.29 is 22.9 Å². The molecule has 178 valence electrons. The van der Waals surface area contributed by atoms with Crippen LogP contribution in [0, 0.1) is 16.0 Å². The minimum Gasteiger partial charge on any atom is -0.461 e. The number of hydrogen-bond acceptors (Lipinski definition) is 6. The molecule has 1 fully saturated rings. The molecule has 0 bridgehead atoms. The molecule has 0 unspecified atom stereocenters. The molecule has 3 rings (SSSR count). The van der Waals surface area contributed by atoms with Gasteiger partial charge in [0.25, 0.3) is 5.69 Å². The van der Waals surface area contributed by atoms with Crippen LogP contribution in [0.3, 0.4) is 0 Å². The summed E-state index contributed by atoms with van der Waals surface area (Å²) in [6, 6.07) is 11.2. The summed E-state index contributed by atoms with van der Waals surface area (Å²) in [7, 11) is -4.02. The third-order valence-corrected chi connectivity index (χ3v) is 8.11. The average Bonchev–Trinajstić information content (AvgIpc) is 2.77. The predicted molar refractivity (Wildman–Crippen MR) is 125 cm³/mol. The molecule has 10 heteroatoms. The quantitative estimate of drug-likeness (QED) is 0.327. The Hall–Kier alpha value is -2.49. The summed E-state index contributed by atoms with van der Waals surface area (Å²) in [5.41, 5.74) is 1.76. The molecule has 0 N–H and O–H groups in total. The van der Waals surface area contributed by atoms with E-state index in [-0.39, 0.29) is 46.7 Å². The lowest BCUT2D eigenvalue weighted by molar-refractivity contribution is -0.385. The van der Waals surface area contributed by atoms with E-state index in [9.17, 15) is 23.3 Å². The van der Waals surface area contributed by atoms with Crippen molar-refractivity contribution in [3.05, 3.63) is 68.7 Å². The van der Waals surface area contributed by atoms with Crippen LogP contribution in [0.4, 0.5) is 5.69 Å². The van der Waals surface area contributed by atoms with Gasteiger partial charge in [-0.2, -0.15) is 4.31 Å². The Morgan fingerprint density at radius 2 is 1.76 bits per heavy atom. The molecule has 2 aromatic rings. The van der Waals surface area contributed by atoms with Crippen molar-refractivity contribution in [1.82, 2.24) is 4.31 Å². The molecule has 1 aliphatic rings. The number of carbonyl (C=O) groups is 1. The first kappa shape index (κ1) is 25.1. The average molecular weight is 495 g/mol. The van der Waals surface area contributed by atoms with Crippen molar-refractivity contribution in [2.75, 3.05) is 13.1 Å². The zero-order valence-electron chi connectivity index (χ0n) is 18.8. The van der Waals surface area contributed by atoms with Crippen molar-refractivity contribution in [3.8, 4) is 0 Å². The number of nitro benzene ring substituents is 1. The number of esters is 1. The molecule has 8 nitrogen and oxygen atoms in total. The van der Waals surface area contributed by atoms with Crippen LogP contribution < -0.4 is 0 Å². The van der Waals surface area contributed by atoms with Crippen LogP contribution in [0.1, 0.15) is 44.7 Å². The molecule has 1 aliphatic heterocycles. The van der Waals surface area contributed by atoms with Gasteiger partial charge in [-0.3, -0.25) is 14.9 Å². The van der Waals surface area contributed by atoms with Gasteiger partial charge in [0.05, 0.1) is 15.9 Å². The Labute approximate surface area is 198 Å². The van der Waals surface area contributed by atoms with Gasteiger partial charge in [-0.1, -0.05) is 56.6 Å². The van der Waals surface area contributed by atoms with Crippen LogP contribution in [-0.2, 0) is 31.6 Å². The summed E-state index contributed by atoms with van der Waals surface area (Å²) in [4.78, 5) is 22.5. The van der Waals surface area contributed by atoms with Crippen LogP contribution in [0.25, 0.3) is 0 Å². The molecule has 1 heterocycles. The zero-order valence-corrected chi connectivity index (χ0v) is 20.4. The van der Waals surface area contributed by atoms with Crippen molar-refractivity contribution >= 4 is 33.3 Å². The standard InChI is InChI=1S/C23H27ClN2O6S/c1-23(2,3)18-6-4-16(5-7-18)15-32-22(27)17-10-12-25(13-11-17)33(30,31)21-14-19(26(28)29)8-9-20(21)24/h4-9,14,17H,10-13,15H2,1-3H3. The first-order valence-corrected chi connectivity index (χ1v) is 12.4. The van der Waals surface area contributed by atoms with Crippen molar-refractivity contribution in [2.45, 2.75) is 50.5 Å². The van der Waals surface area contributed by atoms with Crippen molar-refractivity contribution in [3.63, 3.8) is 0 Å². The van der Waals surface area contributed by atoms with Gasteiger partial charge in [-0.15, -0.1) is 0 Å². The number of sulfonamides is 1. The van der Waals surface area contributed by atoms with Crippen LogP contribution in [0.5, 0.6) is 0 Å². The predicted octanol–water partition coefficient (Wildman–Crippen LogP) is 4.69. The third kappa shape index (κ3) is 5.90. The van der Waals surface area contributed by atoms with Crippen LogP contribution in [-0.4, -0.2) is 36.7 Å². The molecule has 33 heavy (non-hydrogen) atoms. The molecule has 0 aliphatic carbocycles. The van der Waals surface area contributed by atoms with Crippen LogP contribution in [0.15, 0.2) is 47.4 Å². The second-order valence-corrected chi connectivity index (χ2v) is 11.4. The van der Waals surface area contributed by atoms with E-state index in [4.69, 9.17) is 16.3 Å². The van der Waals surface area contributed by atoms with Crippen molar-refractivity contribution in [2.24, 2.45) is 5.92 Å². The lowest BCUT2D eigenvalue weighted by Crippen LogP contribution is -2.40. The SMILES string of the molecule is CC(C)(C)c1ccc(COC(=O)C2CCN(S(=O)(=O)c3cc([N+](=O)[O-])ccc3Cl)CC2)cc1. The van der Waals surface area contributed by atoms with Crippen LogP contribution >= 0.6 is 11.6 Å². The number of nitro groups is 1. The smallest absolute Gasteiger partial charge is 0.309 e. The maximum Gasteiger partial charge on any atom is 0.309 e. The minimum atomic E-state index is -4.02. The molecule has 1 saturated heterocycles. The van der Waals surface area contributed by atoms with Gasteiger partial charge in [-0.05, 0) is 35.4 Å². The third-order valence-electron chi connectivity index (χ3n) is 5.73. The Balaban J connectivity index is 1.58. The fraction of sp³-hybridized carbons (Fsp3) is 0.435. The number of halogens is 1. The number of ether oxygens (including phenoxy) is 1. The van der Waals surface area contributed by atoms with Gasteiger partial charge < -0.3 is 4.74 Å². The zero-order chi connectivity index (χ0) is 24.4. The van der Waals surface area contributed by atoms with E-state index in [0.29, 0.717) is 12.8 Å². The second kappa shape index (κ2) is 9.79. The van der Waals surface area contributed by atoms with Crippen molar-refractivity contribution in [1.29, 1.82) is 0 Å². The van der Waals surface area contributed by atoms with E-state index in [0.717, 1.165) is 17.7 Å².